The molecule has 6 nitrogen and oxygen atoms in total. The van der Waals surface area contributed by atoms with Gasteiger partial charge in [0.1, 0.15) is 5.82 Å². The predicted molar refractivity (Wildman–Crippen MR) is 127 cm³/mol. The van der Waals surface area contributed by atoms with Crippen molar-refractivity contribution in [2.45, 2.75) is 26.7 Å². The van der Waals surface area contributed by atoms with Crippen LogP contribution in [0.2, 0.25) is 0 Å². The minimum absolute atomic E-state index is 0.0324. The number of hydrogen-bond donors (Lipinski definition) is 3. The number of anilines is 2. The third kappa shape index (κ3) is 3.99. The minimum Gasteiger partial charge on any atom is -0.359 e. The van der Waals surface area contributed by atoms with Crippen LogP contribution in [0.4, 0.5) is 11.5 Å². The number of H-pyrrole nitrogens is 1. The van der Waals surface area contributed by atoms with Crippen LogP contribution in [0.1, 0.15) is 34.3 Å². The zero-order chi connectivity index (χ0) is 22.2. The maximum Gasteiger partial charge on any atom is 0.255 e. The number of nitrogens with zero attached hydrogens (tertiary/aromatic N) is 1. The molecule has 0 saturated heterocycles. The van der Waals surface area contributed by atoms with Crippen LogP contribution in [0.5, 0.6) is 0 Å². The number of benzene rings is 2. The second-order valence-electron chi connectivity index (χ2n) is 8.45. The summed E-state index contributed by atoms with van der Waals surface area (Å²) in [5.74, 6) is 0.560. The number of carbonyl (C=O) groups excluding carboxylic acids is 2. The number of amides is 2. The lowest BCUT2D eigenvalue weighted by Gasteiger charge is -2.09. The number of aromatic amines is 1. The van der Waals surface area contributed by atoms with E-state index in [0.29, 0.717) is 17.1 Å². The number of carbonyl (C=O) groups is 2. The molecule has 160 valence electrons. The molecule has 4 aromatic rings. The summed E-state index contributed by atoms with van der Waals surface area (Å²) in [5, 5.41) is 6.92. The van der Waals surface area contributed by atoms with Crippen molar-refractivity contribution in [3.8, 4) is 11.1 Å². The van der Waals surface area contributed by atoms with Crippen molar-refractivity contribution in [2.75, 3.05) is 10.6 Å². The van der Waals surface area contributed by atoms with Gasteiger partial charge in [0.15, 0.2) is 0 Å². The number of aromatic nitrogens is 2. The van der Waals surface area contributed by atoms with Gasteiger partial charge in [-0.05, 0) is 62.6 Å². The van der Waals surface area contributed by atoms with Gasteiger partial charge >= 0.3 is 0 Å². The van der Waals surface area contributed by atoms with Gasteiger partial charge in [0.05, 0.1) is 11.2 Å². The normalized spacial score (nSPS) is 13.2. The van der Waals surface area contributed by atoms with E-state index >= 15 is 0 Å². The number of fused-ring (bicyclic) bond motifs is 1. The van der Waals surface area contributed by atoms with E-state index in [1.807, 2.05) is 68.6 Å². The lowest BCUT2D eigenvalue weighted by atomic mass is 10.0. The van der Waals surface area contributed by atoms with Crippen LogP contribution in [-0.4, -0.2) is 21.8 Å². The topological polar surface area (TPSA) is 86.9 Å². The maximum atomic E-state index is 12.9. The molecule has 0 radical (unpaired) electrons. The second kappa shape index (κ2) is 7.96. The number of rotatable bonds is 5. The second-order valence-corrected chi connectivity index (χ2v) is 8.45. The van der Waals surface area contributed by atoms with E-state index in [4.69, 9.17) is 0 Å². The van der Waals surface area contributed by atoms with E-state index in [1.54, 1.807) is 6.20 Å². The molecular weight excluding hydrogens is 400 g/mol. The molecule has 1 aliphatic carbocycles. The monoisotopic (exact) mass is 424 g/mol. The van der Waals surface area contributed by atoms with Gasteiger partial charge in [0.25, 0.3) is 5.91 Å². The largest absolute Gasteiger partial charge is 0.359 e. The smallest absolute Gasteiger partial charge is 0.255 e. The Bertz CT molecular complexity index is 1330. The van der Waals surface area contributed by atoms with Crippen LogP contribution in [-0.2, 0) is 4.79 Å². The fourth-order valence-corrected chi connectivity index (χ4v) is 4.04. The fourth-order valence-electron chi connectivity index (χ4n) is 4.04. The average Bonchev–Trinajstić information content (AvgIpc) is 3.52. The van der Waals surface area contributed by atoms with Crippen molar-refractivity contribution < 1.29 is 9.59 Å². The zero-order valence-corrected chi connectivity index (χ0v) is 18.0. The molecule has 0 bridgehead atoms. The Morgan fingerprint density at radius 2 is 1.78 bits per heavy atom. The summed E-state index contributed by atoms with van der Waals surface area (Å²) in [6.45, 7) is 3.97. The molecule has 0 atom stereocenters. The highest BCUT2D eigenvalue weighted by atomic mass is 16.2. The molecular formula is C26H24N4O2. The number of nitrogens with one attached hydrogen (secondary N) is 3. The van der Waals surface area contributed by atoms with Crippen molar-refractivity contribution >= 4 is 34.2 Å². The highest BCUT2D eigenvalue weighted by Gasteiger charge is 2.29. The standard InChI is InChI=1S/C26H24N4O2/c1-15-10-16(2)12-19(11-15)26(32)29-22-5-3-4-20-21(14-28-24(20)22)18-8-9-27-23(13-18)30-25(31)17-6-7-17/h3-5,8-14,17,28H,6-7H2,1-2H3,(H,29,32)(H,27,30,31). The molecule has 3 N–H and O–H groups in total. The molecule has 1 aliphatic rings. The van der Waals surface area contributed by atoms with E-state index in [-0.39, 0.29) is 17.7 Å². The van der Waals surface area contributed by atoms with E-state index in [2.05, 4.69) is 20.6 Å². The Balaban J connectivity index is 1.44. The maximum absolute atomic E-state index is 12.9. The van der Waals surface area contributed by atoms with Crippen molar-refractivity contribution in [1.82, 2.24) is 9.97 Å². The first kappa shape index (κ1) is 20.0. The third-order valence-corrected chi connectivity index (χ3v) is 5.72. The number of para-hydroxylation sites is 1. The van der Waals surface area contributed by atoms with E-state index in [0.717, 1.165) is 46.0 Å². The average molecular weight is 425 g/mol. The van der Waals surface area contributed by atoms with Gasteiger partial charge in [0, 0.05) is 34.8 Å². The Morgan fingerprint density at radius 1 is 1.00 bits per heavy atom. The molecule has 2 heterocycles. The van der Waals surface area contributed by atoms with Crippen molar-refractivity contribution in [3.63, 3.8) is 0 Å². The quantitative estimate of drug-likeness (QED) is 0.398. The third-order valence-electron chi connectivity index (χ3n) is 5.72. The van der Waals surface area contributed by atoms with Crippen LogP contribution < -0.4 is 10.6 Å². The van der Waals surface area contributed by atoms with Crippen LogP contribution in [0.3, 0.4) is 0 Å². The number of pyridine rings is 1. The molecule has 2 aromatic heterocycles. The van der Waals surface area contributed by atoms with Gasteiger partial charge in [-0.15, -0.1) is 0 Å². The molecule has 32 heavy (non-hydrogen) atoms. The summed E-state index contributed by atoms with van der Waals surface area (Å²) in [7, 11) is 0. The van der Waals surface area contributed by atoms with Crippen molar-refractivity contribution in [3.05, 3.63) is 77.6 Å². The Morgan fingerprint density at radius 3 is 2.53 bits per heavy atom. The summed E-state index contributed by atoms with van der Waals surface area (Å²) < 4.78 is 0. The van der Waals surface area contributed by atoms with Gasteiger partial charge < -0.3 is 15.6 Å². The fraction of sp³-hybridized carbons (Fsp3) is 0.192. The first-order chi connectivity index (χ1) is 15.5. The summed E-state index contributed by atoms with van der Waals surface area (Å²) in [6.07, 6.45) is 5.51. The van der Waals surface area contributed by atoms with E-state index in [9.17, 15) is 9.59 Å². The summed E-state index contributed by atoms with van der Waals surface area (Å²) in [6, 6.07) is 15.4. The molecule has 2 amide bonds. The molecule has 0 unspecified atom stereocenters. The lowest BCUT2D eigenvalue weighted by Crippen LogP contribution is -2.14. The highest BCUT2D eigenvalue weighted by Crippen LogP contribution is 2.34. The molecule has 0 aliphatic heterocycles. The lowest BCUT2D eigenvalue weighted by molar-refractivity contribution is -0.117. The Hall–Kier alpha value is -3.93. The molecule has 6 heteroatoms. The summed E-state index contributed by atoms with van der Waals surface area (Å²) >= 11 is 0. The highest BCUT2D eigenvalue weighted by molar-refractivity contribution is 6.10. The van der Waals surface area contributed by atoms with E-state index in [1.165, 1.54) is 0 Å². The minimum atomic E-state index is -0.144. The van der Waals surface area contributed by atoms with Crippen LogP contribution in [0.25, 0.3) is 22.0 Å². The molecule has 1 saturated carbocycles. The summed E-state index contributed by atoms with van der Waals surface area (Å²) in [4.78, 5) is 32.6. The molecule has 2 aromatic carbocycles. The SMILES string of the molecule is Cc1cc(C)cc(C(=O)Nc2cccc3c(-c4ccnc(NC(=O)C5CC5)c4)c[nH]c23)c1. The van der Waals surface area contributed by atoms with Crippen LogP contribution >= 0.6 is 0 Å². The Labute approximate surface area is 186 Å². The number of hydrogen-bond acceptors (Lipinski definition) is 3. The Kier molecular flexibility index (Phi) is 4.98. The molecule has 1 fully saturated rings. The summed E-state index contributed by atoms with van der Waals surface area (Å²) in [5.41, 5.74) is 6.23. The van der Waals surface area contributed by atoms with Crippen LogP contribution in [0.15, 0.2) is 60.9 Å². The number of aryl methyl sites for hydroxylation is 2. The molecule has 0 spiro atoms. The first-order valence-electron chi connectivity index (χ1n) is 10.7. The first-order valence-corrected chi connectivity index (χ1v) is 10.7. The van der Waals surface area contributed by atoms with Gasteiger partial charge in [0.2, 0.25) is 5.91 Å². The zero-order valence-electron chi connectivity index (χ0n) is 18.0. The van der Waals surface area contributed by atoms with Gasteiger partial charge in [-0.2, -0.15) is 0 Å². The van der Waals surface area contributed by atoms with Crippen molar-refractivity contribution in [1.29, 1.82) is 0 Å². The van der Waals surface area contributed by atoms with Crippen molar-refractivity contribution in [2.24, 2.45) is 5.92 Å². The van der Waals surface area contributed by atoms with Crippen LogP contribution in [0, 0.1) is 19.8 Å². The van der Waals surface area contributed by atoms with Gasteiger partial charge in [-0.1, -0.05) is 29.3 Å². The predicted octanol–water partition coefficient (Wildman–Crippen LogP) is 5.45. The van der Waals surface area contributed by atoms with Gasteiger partial charge in [-0.25, -0.2) is 4.98 Å². The van der Waals surface area contributed by atoms with Gasteiger partial charge in [-0.3, -0.25) is 9.59 Å². The van der Waals surface area contributed by atoms with E-state index < -0.39 is 0 Å². The molecule has 5 rings (SSSR count).